The Balaban J connectivity index is 1.60. The van der Waals surface area contributed by atoms with E-state index in [1.165, 1.54) is 18.7 Å². The van der Waals surface area contributed by atoms with Crippen molar-refractivity contribution in [1.82, 2.24) is 4.90 Å². The molecular formula is C19H22FNO2. The molecule has 1 fully saturated rings. The van der Waals surface area contributed by atoms with Gasteiger partial charge < -0.3 is 9.84 Å². The van der Waals surface area contributed by atoms with Crippen LogP contribution < -0.4 is 4.74 Å². The van der Waals surface area contributed by atoms with Crippen LogP contribution in [-0.2, 0) is 0 Å². The molecule has 0 aliphatic carbocycles. The molecule has 2 atom stereocenters. The van der Waals surface area contributed by atoms with Crippen LogP contribution in [0.15, 0.2) is 48.5 Å². The van der Waals surface area contributed by atoms with Crippen LogP contribution in [0.1, 0.15) is 29.6 Å². The lowest BCUT2D eigenvalue weighted by atomic mass is 9.99. The molecule has 0 spiro atoms. The minimum atomic E-state index is -0.690. The smallest absolute Gasteiger partial charge is 0.165 e. The Morgan fingerprint density at radius 2 is 2.04 bits per heavy atom. The summed E-state index contributed by atoms with van der Waals surface area (Å²) >= 11 is 0. The van der Waals surface area contributed by atoms with Gasteiger partial charge in [-0.2, -0.15) is 0 Å². The number of aliphatic hydroxyl groups excluding tert-OH is 1. The molecule has 0 amide bonds. The first kappa shape index (κ1) is 16.0. The third-order valence-corrected chi connectivity index (χ3v) is 4.54. The zero-order chi connectivity index (χ0) is 16.2. The number of benzene rings is 2. The van der Waals surface area contributed by atoms with Gasteiger partial charge in [0.05, 0.1) is 13.2 Å². The summed E-state index contributed by atoms with van der Waals surface area (Å²) in [5.41, 5.74) is 1.94. The summed E-state index contributed by atoms with van der Waals surface area (Å²) in [7, 11) is 1.43. The molecule has 0 radical (unpaired) electrons. The number of likely N-dealkylation sites (tertiary alicyclic amines) is 1. The molecule has 3 nitrogen and oxygen atoms in total. The Bertz CT molecular complexity index is 647. The van der Waals surface area contributed by atoms with Gasteiger partial charge in [0.15, 0.2) is 11.6 Å². The van der Waals surface area contributed by atoms with Crippen LogP contribution in [0.3, 0.4) is 0 Å². The highest BCUT2D eigenvalue weighted by Crippen LogP contribution is 2.29. The molecule has 1 aliphatic rings. The number of hydrogen-bond donors (Lipinski definition) is 1. The van der Waals surface area contributed by atoms with Gasteiger partial charge in [0.25, 0.3) is 0 Å². The standard InChI is InChI=1S/C19H22FNO2/c1-23-19-8-7-15(11-17(19)20)18(22)13-21-10-9-16(12-21)14-5-3-2-4-6-14/h2-8,11,16,18,22H,9-10,12-13H2,1H3/t16-,18-/m0/s1. The van der Waals surface area contributed by atoms with Crippen LogP contribution in [0.5, 0.6) is 5.75 Å². The van der Waals surface area contributed by atoms with Crippen molar-refractivity contribution >= 4 is 0 Å². The van der Waals surface area contributed by atoms with E-state index >= 15 is 0 Å². The molecule has 1 saturated heterocycles. The maximum absolute atomic E-state index is 13.8. The summed E-state index contributed by atoms with van der Waals surface area (Å²) in [5, 5.41) is 10.4. The number of ether oxygens (including phenoxy) is 1. The van der Waals surface area contributed by atoms with E-state index in [0.29, 0.717) is 18.0 Å². The number of nitrogens with zero attached hydrogens (tertiary/aromatic N) is 1. The quantitative estimate of drug-likeness (QED) is 0.918. The summed E-state index contributed by atoms with van der Waals surface area (Å²) in [6.45, 7) is 2.41. The predicted octanol–water partition coefficient (Wildman–Crippen LogP) is 3.36. The molecule has 4 heteroatoms. The maximum atomic E-state index is 13.8. The fourth-order valence-corrected chi connectivity index (χ4v) is 3.24. The Morgan fingerprint density at radius 3 is 2.74 bits per heavy atom. The molecule has 23 heavy (non-hydrogen) atoms. The van der Waals surface area contributed by atoms with Crippen molar-refractivity contribution in [3.05, 3.63) is 65.5 Å². The number of β-amino-alcohol motifs (C(OH)–C–C–N with tert-alkyl or cyclic N) is 1. The van der Waals surface area contributed by atoms with Gasteiger partial charge in [0, 0.05) is 13.1 Å². The lowest BCUT2D eigenvalue weighted by molar-refractivity contribution is 0.125. The molecule has 2 aromatic carbocycles. The van der Waals surface area contributed by atoms with E-state index in [-0.39, 0.29) is 5.75 Å². The van der Waals surface area contributed by atoms with E-state index in [9.17, 15) is 9.50 Å². The fraction of sp³-hybridized carbons (Fsp3) is 0.368. The van der Waals surface area contributed by atoms with Crippen molar-refractivity contribution in [2.24, 2.45) is 0 Å². The van der Waals surface area contributed by atoms with Crippen LogP contribution in [0.4, 0.5) is 4.39 Å². The van der Waals surface area contributed by atoms with E-state index < -0.39 is 11.9 Å². The van der Waals surface area contributed by atoms with Gasteiger partial charge in [-0.05, 0) is 42.1 Å². The molecule has 1 heterocycles. The van der Waals surface area contributed by atoms with Crippen LogP contribution in [0.2, 0.25) is 0 Å². The van der Waals surface area contributed by atoms with Crippen molar-refractivity contribution in [2.75, 3.05) is 26.7 Å². The number of rotatable bonds is 5. The van der Waals surface area contributed by atoms with Gasteiger partial charge >= 0.3 is 0 Å². The normalized spacial score (nSPS) is 19.7. The molecular weight excluding hydrogens is 293 g/mol. The first-order chi connectivity index (χ1) is 11.2. The average molecular weight is 315 g/mol. The Labute approximate surface area is 136 Å². The van der Waals surface area contributed by atoms with Crippen molar-refractivity contribution in [2.45, 2.75) is 18.4 Å². The Morgan fingerprint density at radius 1 is 1.26 bits per heavy atom. The number of halogens is 1. The monoisotopic (exact) mass is 315 g/mol. The minimum absolute atomic E-state index is 0.200. The molecule has 1 N–H and O–H groups in total. The summed E-state index contributed by atoms with van der Waals surface area (Å²) in [6, 6.07) is 15.1. The second-order valence-corrected chi connectivity index (χ2v) is 6.07. The van der Waals surface area contributed by atoms with Gasteiger partial charge in [0.2, 0.25) is 0 Å². The highest BCUT2D eigenvalue weighted by atomic mass is 19.1. The molecule has 0 saturated carbocycles. The molecule has 122 valence electrons. The van der Waals surface area contributed by atoms with Crippen LogP contribution in [-0.4, -0.2) is 36.8 Å². The van der Waals surface area contributed by atoms with Gasteiger partial charge in [-0.1, -0.05) is 36.4 Å². The van der Waals surface area contributed by atoms with Gasteiger partial charge in [-0.3, -0.25) is 4.90 Å². The van der Waals surface area contributed by atoms with Gasteiger partial charge in [-0.15, -0.1) is 0 Å². The van der Waals surface area contributed by atoms with Crippen LogP contribution >= 0.6 is 0 Å². The molecule has 3 rings (SSSR count). The fourth-order valence-electron chi connectivity index (χ4n) is 3.24. The maximum Gasteiger partial charge on any atom is 0.165 e. The highest BCUT2D eigenvalue weighted by molar-refractivity contribution is 5.30. The van der Waals surface area contributed by atoms with Crippen LogP contribution in [0, 0.1) is 5.82 Å². The lowest BCUT2D eigenvalue weighted by Crippen LogP contribution is -2.26. The number of aliphatic hydroxyl groups is 1. The van der Waals surface area contributed by atoms with Gasteiger partial charge in [-0.25, -0.2) is 4.39 Å². The zero-order valence-electron chi connectivity index (χ0n) is 13.3. The molecule has 0 aromatic heterocycles. The first-order valence-electron chi connectivity index (χ1n) is 7.96. The van der Waals surface area contributed by atoms with Crippen molar-refractivity contribution < 1.29 is 14.2 Å². The highest BCUT2D eigenvalue weighted by Gasteiger charge is 2.25. The van der Waals surface area contributed by atoms with E-state index in [1.54, 1.807) is 12.1 Å². The third kappa shape index (κ3) is 3.71. The largest absolute Gasteiger partial charge is 0.494 e. The average Bonchev–Trinajstić information content (AvgIpc) is 3.04. The first-order valence-corrected chi connectivity index (χ1v) is 7.96. The Kier molecular flexibility index (Phi) is 4.94. The molecule has 0 bridgehead atoms. The Hall–Kier alpha value is -1.91. The van der Waals surface area contributed by atoms with Gasteiger partial charge in [0.1, 0.15) is 0 Å². The SMILES string of the molecule is COc1ccc([C@@H](O)CN2CC[C@H](c3ccccc3)C2)cc1F. The molecule has 2 aromatic rings. The van der Waals surface area contributed by atoms with E-state index in [2.05, 4.69) is 29.2 Å². The molecule has 1 aliphatic heterocycles. The molecule has 0 unspecified atom stereocenters. The topological polar surface area (TPSA) is 32.7 Å². The number of methoxy groups -OCH3 is 1. The third-order valence-electron chi connectivity index (χ3n) is 4.54. The van der Waals surface area contributed by atoms with Crippen molar-refractivity contribution in [1.29, 1.82) is 0 Å². The van der Waals surface area contributed by atoms with E-state index in [1.807, 2.05) is 6.07 Å². The van der Waals surface area contributed by atoms with E-state index in [4.69, 9.17) is 4.74 Å². The van der Waals surface area contributed by atoms with Crippen molar-refractivity contribution in [3.63, 3.8) is 0 Å². The predicted molar refractivity (Wildman–Crippen MR) is 88.2 cm³/mol. The second-order valence-electron chi connectivity index (χ2n) is 6.07. The van der Waals surface area contributed by atoms with Crippen molar-refractivity contribution in [3.8, 4) is 5.75 Å². The minimum Gasteiger partial charge on any atom is -0.494 e. The zero-order valence-corrected chi connectivity index (χ0v) is 13.3. The summed E-state index contributed by atoms with van der Waals surface area (Å²) in [5.74, 6) is 0.273. The summed E-state index contributed by atoms with van der Waals surface area (Å²) < 4.78 is 18.7. The number of hydrogen-bond acceptors (Lipinski definition) is 3. The summed E-state index contributed by atoms with van der Waals surface area (Å²) in [4.78, 5) is 2.24. The summed E-state index contributed by atoms with van der Waals surface area (Å²) in [6.07, 6.45) is 0.401. The van der Waals surface area contributed by atoms with Crippen LogP contribution in [0.25, 0.3) is 0 Å². The second kappa shape index (κ2) is 7.11. The van der Waals surface area contributed by atoms with E-state index in [0.717, 1.165) is 19.5 Å². The lowest BCUT2D eigenvalue weighted by Gasteiger charge is -2.21.